The molecule has 27 heavy (non-hydrogen) atoms. The number of benzene rings is 1. The molecule has 2 aliphatic heterocycles. The quantitative estimate of drug-likeness (QED) is 0.671. The fourth-order valence-electron chi connectivity index (χ4n) is 4.16. The lowest BCUT2D eigenvalue weighted by atomic mass is 10.0. The highest BCUT2D eigenvalue weighted by Crippen LogP contribution is 2.37. The zero-order valence-electron chi connectivity index (χ0n) is 14.5. The van der Waals surface area contributed by atoms with Crippen LogP contribution in [-0.4, -0.2) is 27.7 Å². The average Bonchev–Trinajstić information content (AvgIpc) is 3.12. The molecular weight excluding hydrogens is 384 g/mol. The third kappa shape index (κ3) is 2.56. The standard InChI is InChI=1S/C19H17ClN4O2S/c20-18-21-11-14(27-18)13-7-10-22-8-4-9-23-16(25)15(12-5-2-1-3-6-12)17(26)24(13)19(22)23/h1-3,5-6,11,13H,4,7-10H2/p+1. The molecule has 2 aliphatic rings. The number of rotatable bonds is 2. The molecule has 0 fully saturated rings. The Morgan fingerprint density at radius 1 is 1.26 bits per heavy atom. The normalized spacial score (nSPS) is 18.4. The largest absolute Gasteiger partial charge is 0.483 e. The molecule has 6 nitrogen and oxygen atoms in total. The van der Waals surface area contributed by atoms with Gasteiger partial charge in [0, 0.05) is 19.0 Å². The van der Waals surface area contributed by atoms with E-state index in [9.17, 15) is 9.90 Å². The van der Waals surface area contributed by atoms with Gasteiger partial charge in [-0.3, -0.25) is 4.90 Å². The van der Waals surface area contributed by atoms with E-state index in [0.29, 0.717) is 16.6 Å². The van der Waals surface area contributed by atoms with Gasteiger partial charge in [-0.15, -0.1) is 11.3 Å². The van der Waals surface area contributed by atoms with Crippen LogP contribution in [0.25, 0.3) is 11.1 Å². The first-order valence-corrected chi connectivity index (χ1v) is 10.2. The van der Waals surface area contributed by atoms with E-state index in [4.69, 9.17) is 11.6 Å². The van der Waals surface area contributed by atoms with Crippen molar-refractivity contribution in [2.24, 2.45) is 0 Å². The second-order valence-electron chi connectivity index (χ2n) is 6.85. The number of anilines is 1. The van der Waals surface area contributed by atoms with E-state index in [0.717, 1.165) is 42.3 Å². The van der Waals surface area contributed by atoms with Gasteiger partial charge in [0.1, 0.15) is 11.6 Å². The molecular formula is C19H18ClN4O2S+. The van der Waals surface area contributed by atoms with Crippen LogP contribution in [0.1, 0.15) is 23.8 Å². The van der Waals surface area contributed by atoms with Gasteiger partial charge in [0.25, 0.3) is 5.88 Å². The lowest BCUT2D eigenvalue weighted by Gasteiger charge is -2.34. The van der Waals surface area contributed by atoms with Crippen molar-refractivity contribution in [2.75, 3.05) is 18.0 Å². The third-order valence-electron chi connectivity index (χ3n) is 5.33. The number of hydrogen-bond acceptors (Lipinski definition) is 5. The second kappa shape index (κ2) is 6.35. The summed E-state index contributed by atoms with van der Waals surface area (Å²) < 4.78 is 4.18. The van der Waals surface area contributed by atoms with Crippen molar-refractivity contribution >= 4 is 28.9 Å². The summed E-state index contributed by atoms with van der Waals surface area (Å²) in [4.78, 5) is 20.9. The maximum absolute atomic E-state index is 13.6. The van der Waals surface area contributed by atoms with Crippen LogP contribution in [0.3, 0.4) is 0 Å². The highest BCUT2D eigenvalue weighted by Gasteiger charge is 2.42. The Hall–Kier alpha value is -2.38. The van der Waals surface area contributed by atoms with Crippen LogP contribution in [0, 0.1) is 0 Å². The predicted octanol–water partition coefficient (Wildman–Crippen LogP) is 2.82. The van der Waals surface area contributed by atoms with Crippen molar-refractivity contribution < 1.29 is 9.67 Å². The summed E-state index contributed by atoms with van der Waals surface area (Å²) in [6.45, 7) is 2.41. The zero-order valence-corrected chi connectivity index (χ0v) is 16.1. The average molecular weight is 402 g/mol. The van der Waals surface area contributed by atoms with E-state index in [2.05, 4.69) is 9.88 Å². The molecule has 4 heterocycles. The Morgan fingerprint density at radius 2 is 2.07 bits per heavy atom. The van der Waals surface area contributed by atoms with E-state index in [1.54, 1.807) is 6.20 Å². The first kappa shape index (κ1) is 16.8. The Balaban J connectivity index is 1.82. The minimum atomic E-state index is -0.175. The number of aromatic nitrogens is 3. The van der Waals surface area contributed by atoms with Crippen molar-refractivity contribution in [2.45, 2.75) is 25.4 Å². The summed E-state index contributed by atoms with van der Waals surface area (Å²) >= 11 is 7.47. The van der Waals surface area contributed by atoms with Crippen molar-refractivity contribution in [1.82, 2.24) is 9.55 Å². The van der Waals surface area contributed by atoms with Gasteiger partial charge < -0.3 is 5.11 Å². The highest BCUT2D eigenvalue weighted by atomic mass is 35.5. The summed E-state index contributed by atoms with van der Waals surface area (Å²) in [6.07, 6.45) is 3.51. The van der Waals surface area contributed by atoms with Gasteiger partial charge in [0.05, 0.1) is 24.5 Å². The molecule has 0 amide bonds. The summed E-state index contributed by atoms with van der Waals surface area (Å²) in [5.74, 6) is 0.828. The lowest BCUT2D eigenvalue weighted by molar-refractivity contribution is -0.698. The van der Waals surface area contributed by atoms with Crippen LogP contribution in [0.2, 0.25) is 4.47 Å². The van der Waals surface area contributed by atoms with Gasteiger partial charge in [-0.2, -0.15) is 9.13 Å². The van der Waals surface area contributed by atoms with Crippen molar-refractivity contribution in [1.29, 1.82) is 0 Å². The molecule has 3 aromatic rings. The van der Waals surface area contributed by atoms with E-state index in [1.165, 1.54) is 11.3 Å². The fourth-order valence-corrected chi connectivity index (χ4v) is 5.24. The molecule has 1 unspecified atom stereocenters. The second-order valence-corrected chi connectivity index (χ2v) is 8.50. The van der Waals surface area contributed by atoms with E-state index >= 15 is 0 Å². The van der Waals surface area contributed by atoms with Crippen LogP contribution in [0.5, 0.6) is 5.88 Å². The smallest absolute Gasteiger partial charge is 0.366 e. The van der Waals surface area contributed by atoms with Crippen LogP contribution in [0.4, 0.5) is 5.95 Å². The number of halogens is 1. The summed E-state index contributed by atoms with van der Waals surface area (Å²) in [7, 11) is 0. The van der Waals surface area contributed by atoms with Crippen LogP contribution in [-0.2, 0) is 6.54 Å². The molecule has 0 spiro atoms. The fraction of sp³-hybridized carbons (Fsp3) is 0.316. The maximum atomic E-state index is 13.6. The van der Waals surface area contributed by atoms with Crippen LogP contribution >= 0.6 is 22.9 Å². The number of aromatic hydroxyl groups is 1. The minimum absolute atomic E-state index is 0.0464. The monoisotopic (exact) mass is 401 g/mol. The van der Waals surface area contributed by atoms with Crippen LogP contribution < -0.4 is 15.0 Å². The predicted molar refractivity (Wildman–Crippen MR) is 105 cm³/mol. The van der Waals surface area contributed by atoms with Gasteiger partial charge in [-0.25, -0.2) is 9.78 Å². The molecule has 1 aromatic carbocycles. The molecule has 0 aliphatic carbocycles. The lowest BCUT2D eigenvalue weighted by Crippen LogP contribution is -2.56. The van der Waals surface area contributed by atoms with E-state index in [-0.39, 0.29) is 17.5 Å². The minimum Gasteiger partial charge on any atom is -0.483 e. The molecule has 0 saturated heterocycles. The summed E-state index contributed by atoms with van der Waals surface area (Å²) in [5.41, 5.74) is 0.901. The zero-order chi connectivity index (χ0) is 18.5. The van der Waals surface area contributed by atoms with Gasteiger partial charge in [0.2, 0.25) is 0 Å². The number of nitrogens with zero attached hydrogens (tertiary/aromatic N) is 4. The molecule has 5 rings (SSSR count). The molecule has 0 radical (unpaired) electrons. The maximum Gasteiger partial charge on any atom is 0.366 e. The first-order chi connectivity index (χ1) is 13.1. The van der Waals surface area contributed by atoms with Gasteiger partial charge in [-0.05, 0) is 5.56 Å². The van der Waals surface area contributed by atoms with Crippen molar-refractivity contribution in [3.8, 4) is 17.0 Å². The van der Waals surface area contributed by atoms with Gasteiger partial charge in [-0.1, -0.05) is 41.9 Å². The topological polar surface area (TPSA) is 62.2 Å². The highest BCUT2D eigenvalue weighted by molar-refractivity contribution is 7.15. The van der Waals surface area contributed by atoms with Crippen LogP contribution in [0.15, 0.2) is 41.3 Å². The Bertz CT molecular complexity index is 1080. The number of thiazole rings is 1. The molecule has 1 atom stereocenters. The number of hydrogen-bond donors (Lipinski definition) is 1. The Morgan fingerprint density at radius 3 is 2.81 bits per heavy atom. The molecule has 1 N–H and O–H groups in total. The molecule has 138 valence electrons. The first-order valence-electron chi connectivity index (χ1n) is 8.98. The Kier molecular flexibility index (Phi) is 3.94. The molecule has 8 heteroatoms. The van der Waals surface area contributed by atoms with Gasteiger partial charge in [0.15, 0.2) is 4.47 Å². The Labute approximate surface area is 164 Å². The SMILES string of the molecule is O=c1c(-c2ccccc2)c(O)[n+]2c3n1C(c1cnc(Cl)s1)CCN3CCC2. The molecule has 0 bridgehead atoms. The van der Waals surface area contributed by atoms with E-state index in [1.807, 2.05) is 39.5 Å². The van der Waals surface area contributed by atoms with Crippen molar-refractivity contribution in [3.63, 3.8) is 0 Å². The molecule has 2 aromatic heterocycles. The summed E-state index contributed by atoms with van der Waals surface area (Å²) in [5, 5.41) is 11.0. The van der Waals surface area contributed by atoms with Gasteiger partial charge >= 0.3 is 11.5 Å². The third-order valence-corrected chi connectivity index (χ3v) is 6.55. The summed E-state index contributed by atoms with van der Waals surface area (Å²) in [6, 6.07) is 9.25. The molecule has 0 saturated carbocycles. The van der Waals surface area contributed by atoms with Crippen molar-refractivity contribution in [3.05, 3.63) is 56.2 Å². The van der Waals surface area contributed by atoms with E-state index < -0.39 is 0 Å².